The number of ketones is 1. The summed E-state index contributed by atoms with van der Waals surface area (Å²) in [6.45, 7) is 4.04. The Morgan fingerprint density at radius 3 is 2.23 bits per heavy atom. The first-order valence-electron chi connectivity index (χ1n) is 5.12. The monoisotopic (exact) mass is 181 g/mol. The van der Waals surface area contributed by atoms with E-state index in [-0.39, 0.29) is 11.2 Å². The first-order chi connectivity index (χ1) is 6.25. The minimum atomic E-state index is -0.266. The van der Waals surface area contributed by atoms with Gasteiger partial charge in [-0.25, -0.2) is 0 Å². The molecule has 0 heterocycles. The number of hydrogen-bond donors (Lipinski definition) is 1. The van der Waals surface area contributed by atoms with Crippen molar-refractivity contribution < 1.29 is 4.79 Å². The second-order valence-corrected chi connectivity index (χ2v) is 3.97. The maximum atomic E-state index is 11.7. The van der Waals surface area contributed by atoms with E-state index in [0.717, 1.165) is 25.7 Å². The Balaban J connectivity index is 2.75. The third-order valence-corrected chi connectivity index (χ3v) is 3.16. The van der Waals surface area contributed by atoms with E-state index in [1.807, 2.05) is 0 Å². The van der Waals surface area contributed by atoms with E-state index in [4.69, 9.17) is 5.73 Å². The number of carbonyl (C=O) groups excluding carboxylic acids is 1. The number of hydrogen-bond acceptors (Lipinski definition) is 2. The molecule has 0 atom stereocenters. The molecule has 2 nitrogen and oxygen atoms in total. The van der Waals surface area contributed by atoms with Gasteiger partial charge in [0.1, 0.15) is 0 Å². The Labute approximate surface area is 80.2 Å². The van der Waals surface area contributed by atoms with Gasteiger partial charge in [0, 0.05) is 12.0 Å². The fourth-order valence-electron chi connectivity index (χ4n) is 2.17. The molecular formula is C11H19NO. The lowest BCUT2D eigenvalue weighted by Gasteiger charge is -2.28. The Morgan fingerprint density at radius 2 is 1.85 bits per heavy atom. The average Bonchev–Trinajstić information content (AvgIpc) is 2.42. The third-order valence-electron chi connectivity index (χ3n) is 3.16. The molecular weight excluding hydrogens is 162 g/mol. The quantitative estimate of drug-likeness (QED) is 0.535. The lowest BCUT2D eigenvalue weighted by molar-refractivity contribution is -0.124. The number of rotatable bonds is 3. The fourth-order valence-corrected chi connectivity index (χ4v) is 2.17. The predicted molar refractivity (Wildman–Crippen MR) is 54.4 cm³/mol. The van der Waals surface area contributed by atoms with Gasteiger partial charge in [-0.15, -0.1) is 0 Å². The largest absolute Gasteiger partial charge is 0.329 e. The first kappa shape index (κ1) is 10.5. The minimum absolute atomic E-state index is 0.150. The standard InChI is InChI=1S/C11H19NO/c1-2-10(13)11(9-12)7-5-3-4-6-8-11/h2H,1,3-9,12H2. The van der Waals surface area contributed by atoms with E-state index in [1.54, 1.807) is 0 Å². The molecule has 0 spiro atoms. The van der Waals surface area contributed by atoms with E-state index in [9.17, 15) is 4.79 Å². The highest BCUT2D eigenvalue weighted by atomic mass is 16.1. The summed E-state index contributed by atoms with van der Waals surface area (Å²) in [6.07, 6.45) is 8.10. The van der Waals surface area contributed by atoms with Crippen molar-refractivity contribution >= 4 is 5.78 Å². The summed E-state index contributed by atoms with van der Waals surface area (Å²) in [4.78, 5) is 11.7. The number of carbonyl (C=O) groups is 1. The van der Waals surface area contributed by atoms with Gasteiger partial charge in [-0.3, -0.25) is 4.79 Å². The molecule has 0 radical (unpaired) electrons. The summed E-state index contributed by atoms with van der Waals surface area (Å²) in [6, 6.07) is 0. The molecule has 1 rings (SSSR count). The lowest BCUT2D eigenvalue weighted by atomic mass is 9.76. The van der Waals surface area contributed by atoms with Gasteiger partial charge in [0.05, 0.1) is 0 Å². The van der Waals surface area contributed by atoms with Crippen molar-refractivity contribution in [1.29, 1.82) is 0 Å². The number of allylic oxidation sites excluding steroid dienone is 1. The zero-order valence-electron chi connectivity index (χ0n) is 8.22. The predicted octanol–water partition coefficient (Wildman–Crippen LogP) is 2.04. The first-order valence-corrected chi connectivity index (χ1v) is 5.12. The molecule has 2 heteroatoms. The molecule has 0 amide bonds. The van der Waals surface area contributed by atoms with Gasteiger partial charge in [-0.1, -0.05) is 32.3 Å². The highest BCUT2D eigenvalue weighted by molar-refractivity contribution is 5.94. The SMILES string of the molecule is C=CC(=O)C1(CN)CCCCCC1. The van der Waals surface area contributed by atoms with Gasteiger partial charge in [0.15, 0.2) is 5.78 Å². The normalized spacial score (nSPS) is 21.9. The van der Waals surface area contributed by atoms with Gasteiger partial charge >= 0.3 is 0 Å². The molecule has 0 aromatic heterocycles. The second kappa shape index (κ2) is 4.56. The summed E-state index contributed by atoms with van der Waals surface area (Å²) in [7, 11) is 0. The maximum absolute atomic E-state index is 11.7. The van der Waals surface area contributed by atoms with Crippen LogP contribution in [-0.4, -0.2) is 12.3 Å². The summed E-state index contributed by atoms with van der Waals surface area (Å²) >= 11 is 0. The molecule has 1 aliphatic rings. The van der Waals surface area contributed by atoms with Crippen LogP contribution in [0.5, 0.6) is 0 Å². The van der Waals surface area contributed by atoms with Gasteiger partial charge in [-0.2, -0.15) is 0 Å². The Morgan fingerprint density at radius 1 is 1.31 bits per heavy atom. The molecule has 0 aliphatic heterocycles. The van der Waals surface area contributed by atoms with Crippen LogP contribution in [0.4, 0.5) is 0 Å². The van der Waals surface area contributed by atoms with Crippen LogP contribution in [0.25, 0.3) is 0 Å². The third kappa shape index (κ3) is 2.19. The smallest absolute Gasteiger partial charge is 0.162 e. The molecule has 1 fully saturated rings. The Hall–Kier alpha value is -0.630. The molecule has 1 saturated carbocycles. The van der Waals surface area contributed by atoms with E-state index in [2.05, 4.69) is 6.58 Å². The second-order valence-electron chi connectivity index (χ2n) is 3.97. The molecule has 1 aliphatic carbocycles. The number of nitrogens with two attached hydrogens (primary N) is 1. The topological polar surface area (TPSA) is 43.1 Å². The van der Waals surface area contributed by atoms with E-state index >= 15 is 0 Å². The zero-order valence-corrected chi connectivity index (χ0v) is 8.22. The summed E-state index contributed by atoms with van der Waals surface area (Å²) in [5, 5.41) is 0. The average molecular weight is 181 g/mol. The van der Waals surface area contributed by atoms with Crippen LogP contribution < -0.4 is 5.73 Å². The van der Waals surface area contributed by atoms with E-state index < -0.39 is 0 Å². The molecule has 0 aromatic rings. The van der Waals surface area contributed by atoms with Crippen molar-refractivity contribution in [3.05, 3.63) is 12.7 Å². The highest BCUT2D eigenvalue weighted by Crippen LogP contribution is 2.35. The van der Waals surface area contributed by atoms with Crippen LogP contribution in [0.3, 0.4) is 0 Å². The molecule has 13 heavy (non-hydrogen) atoms. The summed E-state index contributed by atoms with van der Waals surface area (Å²) in [5.41, 5.74) is 5.45. The molecule has 0 unspecified atom stereocenters. The van der Waals surface area contributed by atoms with Crippen molar-refractivity contribution in [2.75, 3.05) is 6.54 Å². The fraction of sp³-hybridized carbons (Fsp3) is 0.727. The van der Waals surface area contributed by atoms with Crippen molar-refractivity contribution in [3.8, 4) is 0 Å². The highest BCUT2D eigenvalue weighted by Gasteiger charge is 2.34. The van der Waals surface area contributed by atoms with Crippen LogP contribution in [0.2, 0.25) is 0 Å². The van der Waals surface area contributed by atoms with Crippen LogP contribution in [-0.2, 0) is 4.79 Å². The van der Waals surface area contributed by atoms with Gasteiger partial charge in [0.2, 0.25) is 0 Å². The molecule has 2 N–H and O–H groups in total. The van der Waals surface area contributed by atoms with Crippen molar-refractivity contribution in [1.82, 2.24) is 0 Å². The van der Waals surface area contributed by atoms with Gasteiger partial charge in [0.25, 0.3) is 0 Å². The van der Waals surface area contributed by atoms with Crippen molar-refractivity contribution in [2.45, 2.75) is 38.5 Å². The minimum Gasteiger partial charge on any atom is -0.329 e. The molecule has 0 aromatic carbocycles. The van der Waals surface area contributed by atoms with Crippen molar-refractivity contribution in [2.24, 2.45) is 11.1 Å². The molecule has 74 valence electrons. The van der Waals surface area contributed by atoms with E-state index in [1.165, 1.54) is 18.9 Å². The maximum Gasteiger partial charge on any atom is 0.162 e. The van der Waals surface area contributed by atoms with Crippen LogP contribution in [0.15, 0.2) is 12.7 Å². The summed E-state index contributed by atoms with van der Waals surface area (Å²) < 4.78 is 0. The summed E-state index contributed by atoms with van der Waals surface area (Å²) in [5.74, 6) is 0.150. The molecule has 0 saturated heterocycles. The Bertz CT molecular complexity index is 190. The lowest BCUT2D eigenvalue weighted by Crippen LogP contribution is -2.37. The van der Waals surface area contributed by atoms with Crippen LogP contribution in [0, 0.1) is 5.41 Å². The molecule has 0 bridgehead atoms. The van der Waals surface area contributed by atoms with E-state index in [0.29, 0.717) is 6.54 Å². The van der Waals surface area contributed by atoms with Crippen molar-refractivity contribution in [3.63, 3.8) is 0 Å². The van der Waals surface area contributed by atoms with Gasteiger partial charge in [-0.05, 0) is 18.9 Å². The van der Waals surface area contributed by atoms with Crippen LogP contribution >= 0.6 is 0 Å². The van der Waals surface area contributed by atoms with Crippen LogP contribution in [0.1, 0.15) is 38.5 Å². The van der Waals surface area contributed by atoms with Gasteiger partial charge < -0.3 is 5.73 Å². The zero-order chi connectivity index (χ0) is 9.73. The Kier molecular flexibility index (Phi) is 3.67.